The summed E-state index contributed by atoms with van der Waals surface area (Å²) in [6, 6.07) is 8.63. The highest BCUT2D eigenvalue weighted by Crippen LogP contribution is 2.25. The first-order valence-electron chi connectivity index (χ1n) is 5.83. The number of benzene rings is 1. The number of hydrogen-bond donors (Lipinski definition) is 1. The molecule has 0 bridgehead atoms. The van der Waals surface area contributed by atoms with Crippen LogP contribution in [-0.2, 0) is 0 Å². The van der Waals surface area contributed by atoms with E-state index in [1.54, 1.807) is 31.4 Å². The summed E-state index contributed by atoms with van der Waals surface area (Å²) in [7, 11) is 1.56. The average Bonchev–Trinajstić information content (AvgIpc) is 2.84. The molecule has 0 aliphatic carbocycles. The predicted octanol–water partition coefficient (Wildman–Crippen LogP) is 3.12. The molecule has 2 aromatic rings. The molecule has 104 valence electrons. The lowest BCUT2D eigenvalue weighted by Crippen LogP contribution is -2.17. The number of hydrogen-bond acceptors (Lipinski definition) is 4. The molecule has 0 saturated carbocycles. The molecule has 5 nitrogen and oxygen atoms in total. The van der Waals surface area contributed by atoms with Gasteiger partial charge >= 0.3 is 0 Å². The fraction of sp³-hybridized carbons (Fsp3) is 0.143. The van der Waals surface area contributed by atoms with Gasteiger partial charge < -0.3 is 9.15 Å². The number of furan rings is 1. The SMILES string of the molecule is COc1ccc(C(=O)N/N=C/c2ccc(C)o2)cc1Br. The van der Waals surface area contributed by atoms with Crippen molar-refractivity contribution in [1.29, 1.82) is 0 Å². The van der Waals surface area contributed by atoms with Gasteiger partial charge in [-0.2, -0.15) is 5.10 Å². The Morgan fingerprint density at radius 2 is 2.20 bits per heavy atom. The minimum atomic E-state index is -0.312. The topological polar surface area (TPSA) is 63.8 Å². The van der Waals surface area contributed by atoms with Crippen molar-refractivity contribution in [1.82, 2.24) is 5.43 Å². The monoisotopic (exact) mass is 336 g/mol. The maximum atomic E-state index is 11.9. The highest BCUT2D eigenvalue weighted by atomic mass is 79.9. The van der Waals surface area contributed by atoms with Gasteiger partial charge in [0.2, 0.25) is 0 Å². The van der Waals surface area contributed by atoms with Gasteiger partial charge in [-0.05, 0) is 53.2 Å². The smallest absolute Gasteiger partial charge is 0.271 e. The fourth-order valence-electron chi connectivity index (χ4n) is 1.55. The second kappa shape index (κ2) is 6.38. The molecule has 0 aliphatic rings. The lowest BCUT2D eigenvalue weighted by atomic mass is 10.2. The Morgan fingerprint density at radius 3 is 2.80 bits per heavy atom. The van der Waals surface area contributed by atoms with Gasteiger partial charge in [0.1, 0.15) is 17.3 Å². The van der Waals surface area contributed by atoms with Gasteiger partial charge in [0.15, 0.2) is 0 Å². The summed E-state index contributed by atoms with van der Waals surface area (Å²) >= 11 is 3.32. The van der Waals surface area contributed by atoms with Crippen LogP contribution in [0.4, 0.5) is 0 Å². The zero-order chi connectivity index (χ0) is 14.5. The summed E-state index contributed by atoms with van der Waals surface area (Å²) in [5.74, 6) is 1.72. The zero-order valence-corrected chi connectivity index (χ0v) is 12.6. The lowest BCUT2D eigenvalue weighted by molar-refractivity contribution is 0.0955. The molecule has 0 aliphatic heterocycles. The Bertz CT molecular complexity index is 650. The Balaban J connectivity index is 2.01. The number of ether oxygens (including phenoxy) is 1. The molecule has 0 fully saturated rings. The number of halogens is 1. The van der Waals surface area contributed by atoms with Crippen LogP contribution in [0.5, 0.6) is 5.75 Å². The molecule has 2 rings (SSSR count). The van der Waals surface area contributed by atoms with E-state index in [9.17, 15) is 4.79 Å². The summed E-state index contributed by atoms with van der Waals surface area (Å²) in [5, 5.41) is 3.84. The second-order valence-corrected chi connectivity index (χ2v) is 4.85. The number of rotatable bonds is 4. The summed E-state index contributed by atoms with van der Waals surface area (Å²) in [4.78, 5) is 11.9. The average molecular weight is 337 g/mol. The molecule has 0 atom stereocenters. The molecule has 0 radical (unpaired) electrons. The lowest BCUT2D eigenvalue weighted by Gasteiger charge is -2.05. The van der Waals surface area contributed by atoms with Crippen LogP contribution in [-0.4, -0.2) is 19.2 Å². The van der Waals surface area contributed by atoms with E-state index in [4.69, 9.17) is 9.15 Å². The summed E-state index contributed by atoms with van der Waals surface area (Å²) < 4.78 is 11.1. The fourth-order valence-corrected chi connectivity index (χ4v) is 2.09. The standard InChI is InChI=1S/C14H13BrN2O3/c1-9-3-5-11(20-9)8-16-17-14(18)10-4-6-13(19-2)12(15)7-10/h3-8H,1-2H3,(H,17,18)/b16-8+. The minimum Gasteiger partial charge on any atom is -0.496 e. The first kappa shape index (κ1) is 14.3. The summed E-state index contributed by atoms with van der Waals surface area (Å²) in [6.07, 6.45) is 1.45. The van der Waals surface area contributed by atoms with Crippen molar-refractivity contribution < 1.29 is 13.9 Å². The van der Waals surface area contributed by atoms with Crippen LogP contribution in [0.3, 0.4) is 0 Å². The molecule has 1 N–H and O–H groups in total. The second-order valence-electron chi connectivity index (χ2n) is 4.00. The Labute approximate surface area is 124 Å². The molecular weight excluding hydrogens is 324 g/mol. The normalized spacial score (nSPS) is 10.8. The molecule has 0 unspecified atom stereocenters. The largest absolute Gasteiger partial charge is 0.496 e. The van der Waals surface area contributed by atoms with Crippen LogP contribution in [0.1, 0.15) is 21.9 Å². The number of aryl methyl sites for hydroxylation is 1. The van der Waals surface area contributed by atoms with Crippen LogP contribution in [0.15, 0.2) is 44.3 Å². The Morgan fingerprint density at radius 1 is 1.40 bits per heavy atom. The van der Waals surface area contributed by atoms with E-state index in [2.05, 4.69) is 26.5 Å². The first-order valence-corrected chi connectivity index (χ1v) is 6.63. The van der Waals surface area contributed by atoms with E-state index in [0.29, 0.717) is 21.5 Å². The van der Waals surface area contributed by atoms with E-state index in [1.807, 2.05) is 13.0 Å². The molecule has 0 spiro atoms. The van der Waals surface area contributed by atoms with Crippen LogP contribution in [0.2, 0.25) is 0 Å². The third-order valence-corrected chi connectivity index (χ3v) is 3.15. The van der Waals surface area contributed by atoms with Crippen LogP contribution >= 0.6 is 15.9 Å². The van der Waals surface area contributed by atoms with Crippen molar-refractivity contribution in [2.75, 3.05) is 7.11 Å². The Hall–Kier alpha value is -2.08. The quantitative estimate of drug-likeness (QED) is 0.689. The Kier molecular flexibility index (Phi) is 4.57. The highest BCUT2D eigenvalue weighted by molar-refractivity contribution is 9.10. The number of carbonyl (C=O) groups excluding carboxylic acids is 1. The minimum absolute atomic E-state index is 0.312. The number of nitrogens with one attached hydrogen (secondary N) is 1. The van der Waals surface area contributed by atoms with Gasteiger partial charge in [0.05, 0.1) is 17.8 Å². The van der Waals surface area contributed by atoms with E-state index in [-0.39, 0.29) is 5.91 Å². The van der Waals surface area contributed by atoms with Crippen molar-refractivity contribution in [2.24, 2.45) is 5.10 Å². The molecule has 1 amide bonds. The van der Waals surface area contributed by atoms with Crippen molar-refractivity contribution in [3.63, 3.8) is 0 Å². The van der Waals surface area contributed by atoms with Gasteiger partial charge in [-0.15, -0.1) is 0 Å². The molecule has 1 heterocycles. The van der Waals surface area contributed by atoms with Gasteiger partial charge in [0.25, 0.3) is 5.91 Å². The maximum absolute atomic E-state index is 11.9. The molecule has 1 aromatic heterocycles. The zero-order valence-electron chi connectivity index (χ0n) is 11.0. The third kappa shape index (κ3) is 3.48. The molecule has 1 aromatic carbocycles. The van der Waals surface area contributed by atoms with E-state index in [0.717, 1.165) is 5.76 Å². The first-order chi connectivity index (χ1) is 9.60. The number of nitrogens with zero attached hydrogens (tertiary/aromatic N) is 1. The summed E-state index contributed by atoms with van der Waals surface area (Å²) in [5.41, 5.74) is 2.91. The number of carbonyl (C=O) groups is 1. The number of amides is 1. The van der Waals surface area contributed by atoms with Gasteiger partial charge in [-0.25, -0.2) is 5.43 Å². The van der Waals surface area contributed by atoms with Crippen molar-refractivity contribution >= 4 is 28.1 Å². The number of hydrazone groups is 1. The predicted molar refractivity (Wildman–Crippen MR) is 79.2 cm³/mol. The van der Waals surface area contributed by atoms with Gasteiger partial charge in [-0.3, -0.25) is 4.79 Å². The van der Waals surface area contributed by atoms with Crippen molar-refractivity contribution in [3.8, 4) is 5.75 Å². The van der Waals surface area contributed by atoms with E-state index in [1.165, 1.54) is 6.21 Å². The van der Waals surface area contributed by atoms with Crippen LogP contribution < -0.4 is 10.2 Å². The van der Waals surface area contributed by atoms with E-state index >= 15 is 0 Å². The summed E-state index contributed by atoms with van der Waals surface area (Å²) in [6.45, 7) is 1.84. The van der Waals surface area contributed by atoms with E-state index < -0.39 is 0 Å². The highest BCUT2D eigenvalue weighted by Gasteiger charge is 2.07. The van der Waals surface area contributed by atoms with Crippen molar-refractivity contribution in [2.45, 2.75) is 6.92 Å². The van der Waals surface area contributed by atoms with Crippen LogP contribution in [0.25, 0.3) is 0 Å². The number of methoxy groups -OCH3 is 1. The molecule has 0 saturated heterocycles. The molecular formula is C14H13BrN2O3. The van der Waals surface area contributed by atoms with Crippen LogP contribution in [0, 0.1) is 6.92 Å². The maximum Gasteiger partial charge on any atom is 0.271 e. The third-order valence-electron chi connectivity index (χ3n) is 2.53. The molecule has 20 heavy (non-hydrogen) atoms. The van der Waals surface area contributed by atoms with Gasteiger partial charge in [0, 0.05) is 5.56 Å². The van der Waals surface area contributed by atoms with Crippen molar-refractivity contribution in [3.05, 3.63) is 51.9 Å². The molecule has 6 heteroatoms. The van der Waals surface area contributed by atoms with Gasteiger partial charge in [-0.1, -0.05) is 0 Å².